The van der Waals surface area contributed by atoms with E-state index in [1.54, 1.807) is 0 Å². The molecule has 0 saturated carbocycles. The molecule has 112 valence electrons. The molecular weight excluding hydrogens is 258 g/mol. The van der Waals surface area contributed by atoms with Crippen LogP contribution >= 0.6 is 0 Å². The van der Waals surface area contributed by atoms with Gasteiger partial charge in [0.1, 0.15) is 5.75 Å². The molecule has 0 aliphatic carbocycles. The van der Waals surface area contributed by atoms with E-state index in [4.69, 9.17) is 10.5 Å². The molecule has 0 heterocycles. The Labute approximate surface area is 127 Å². The number of benzene rings is 2. The fourth-order valence-corrected chi connectivity index (χ4v) is 2.40. The molecule has 21 heavy (non-hydrogen) atoms. The summed E-state index contributed by atoms with van der Waals surface area (Å²) < 4.78 is 5.99. The Hall–Kier alpha value is -1.80. The second-order valence-corrected chi connectivity index (χ2v) is 5.69. The molecule has 2 heteroatoms. The van der Waals surface area contributed by atoms with Gasteiger partial charge >= 0.3 is 0 Å². The summed E-state index contributed by atoms with van der Waals surface area (Å²) in [4.78, 5) is 0. The first-order valence-electron chi connectivity index (χ1n) is 7.65. The summed E-state index contributed by atoms with van der Waals surface area (Å²) in [6, 6.07) is 12.8. The molecule has 1 unspecified atom stereocenters. The van der Waals surface area contributed by atoms with Crippen molar-refractivity contribution in [1.29, 1.82) is 0 Å². The van der Waals surface area contributed by atoms with E-state index >= 15 is 0 Å². The van der Waals surface area contributed by atoms with Gasteiger partial charge < -0.3 is 10.5 Å². The molecular formula is C19H25NO. The van der Waals surface area contributed by atoms with Crippen molar-refractivity contribution in [3.63, 3.8) is 0 Å². The minimum Gasteiger partial charge on any atom is -0.493 e. The van der Waals surface area contributed by atoms with Crippen molar-refractivity contribution >= 4 is 10.8 Å². The summed E-state index contributed by atoms with van der Waals surface area (Å²) in [6.07, 6.45) is 2.70. The van der Waals surface area contributed by atoms with E-state index in [2.05, 4.69) is 49.9 Å². The van der Waals surface area contributed by atoms with Crippen LogP contribution in [0, 0.1) is 0 Å². The van der Waals surface area contributed by atoms with Gasteiger partial charge in [0.05, 0.1) is 6.61 Å². The highest BCUT2D eigenvalue weighted by atomic mass is 16.5. The second kappa shape index (κ2) is 7.28. The third-order valence-electron chi connectivity index (χ3n) is 3.77. The largest absolute Gasteiger partial charge is 0.493 e. The van der Waals surface area contributed by atoms with Gasteiger partial charge in [0.2, 0.25) is 0 Å². The maximum Gasteiger partial charge on any atom is 0.123 e. The zero-order valence-electron chi connectivity index (χ0n) is 13.1. The Balaban J connectivity index is 2.33. The van der Waals surface area contributed by atoms with E-state index in [-0.39, 0.29) is 6.04 Å². The molecule has 0 aliphatic heterocycles. The third-order valence-corrected chi connectivity index (χ3v) is 3.77. The number of rotatable bonds is 7. The van der Waals surface area contributed by atoms with Crippen LogP contribution in [0.4, 0.5) is 0 Å². The summed E-state index contributed by atoms with van der Waals surface area (Å²) >= 11 is 0. The average molecular weight is 283 g/mol. The molecule has 2 aromatic rings. The second-order valence-electron chi connectivity index (χ2n) is 5.69. The van der Waals surface area contributed by atoms with Crippen LogP contribution in [0.1, 0.15) is 32.3 Å². The van der Waals surface area contributed by atoms with E-state index in [0.717, 1.165) is 30.6 Å². The SMILES string of the molecule is C=C(C)CCOc1ccc2ccccc2c1CC(N)CC. The highest BCUT2D eigenvalue weighted by molar-refractivity contribution is 5.87. The zero-order valence-corrected chi connectivity index (χ0v) is 13.1. The van der Waals surface area contributed by atoms with Crippen LogP contribution < -0.4 is 10.5 Å². The number of ether oxygens (including phenoxy) is 1. The standard InChI is InChI=1S/C19H25NO/c1-4-16(20)13-18-17-8-6-5-7-15(17)9-10-19(18)21-12-11-14(2)3/h5-10,16H,2,4,11-13,20H2,1,3H3. The molecule has 0 aliphatic rings. The van der Waals surface area contributed by atoms with Crippen LogP contribution in [0.2, 0.25) is 0 Å². The predicted octanol–water partition coefficient (Wildman–Crippen LogP) is 4.46. The maximum atomic E-state index is 6.17. The summed E-state index contributed by atoms with van der Waals surface area (Å²) in [5.74, 6) is 0.957. The van der Waals surface area contributed by atoms with Crippen molar-refractivity contribution in [1.82, 2.24) is 0 Å². The lowest BCUT2D eigenvalue weighted by molar-refractivity contribution is 0.318. The van der Waals surface area contributed by atoms with Crippen molar-refractivity contribution in [2.45, 2.75) is 39.2 Å². The van der Waals surface area contributed by atoms with Crippen molar-refractivity contribution < 1.29 is 4.74 Å². The quantitative estimate of drug-likeness (QED) is 0.761. The Bertz CT molecular complexity index is 618. The first-order valence-corrected chi connectivity index (χ1v) is 7.65. The van der Waals surface area contributed by atoms with Crippen molar-refractivity contribution in [2.24, 2.45) is 5.73 Å². The molecule has 0 bridgehead atoms. The normalized spacial score (nSPS) is 12.3. The highest BCUT2D eigenvalue weighted by Crippen LogP contribution is 2.29. The third kappa shape index (κ3) is 4.08. The van der Waals surface area contributed by atoms with Gasteiger partial charge in [0.15, 0.2) is 0 Å². The highest BCUT2D eigenvalue weighted by Gasteiger charge is 2.12. The Morgan fingerprint density at radius 2 is 2.00 bits per heavy atom. The number of hydrogen-bond donors (Lipinski definition) is 1. The van der Waals surface area contributed by atoms with Gasteiger partial charge in [0, 0.05) is 18.0 Å². The van der Waals surface area contributed by atoms with E-state index in [0.29, 0.717) is 6.61 Å². The number of fused-ring (bicyclic) bond motifs is 1. The van der Waals surface area contributed by atoms with E-state index in [1.807, 2.05) is 6.92 Å². The van der Waals surface area contributed by atoms with Crippen molar-refractivity contribution in [3.05, 3.63) is 54.1 Å². The fraction of sp³-hybridized carbons (Fsp3) is 0.368. The molecule has 1 atom stereocenters. The molecule has 2 N–H and O–H groups in total. The minimum absolute atomic E-state index is 0.166. The van der Waals surface area contributed by atoms with Crippen LogP contribution in [0.3, 0.4) is 0 Å². The monoisotopic (exact) mass is 283 g/mol. The van der Waals surface area contributed by atoms with Crippen LogP contribution in [0.15, 0.2) is 48.6 Å². The lowest BCUT2D eigenvalue weighted by Gasteiger charge is -2.17. The molecule has 2 rings (SSSR count). The van der Waals surface area contributed by atoms with Crippen LogP contribution in [-0.4, -0.2) is 12.6 Å². The Morgan fingerprint density at radius 1 is 1.24 bits per heavy atom. The van der Waals surface area contributed by atoms with Gasteiger partial charge in [0.25, 0.3) is 0 Å². The van der Waals surface area contributed by atoms with E-state index in [9.17, 15) is 0 Å². The molecule has 0 spiro atoms. The molecule has 0 fully saturated rings. The van der Waals surface area contributed by atoms with Crippen molar-refractivity contribution in [2.75, 3.05) is 6.61 Å². The molecule has 0 radical (unpaired) electrons. The van der Waals surface area contributed by atoms with Crippen LogP contribution in [-0.2, 0) is 6.42 Å². The summed E-state index contributed by atoms with van der Waals surface area (Å²) in [7, 11) is 0. The molecule has 0 amide bonds. The van der Waals surface area contributed by atoms with Gasteiger partial charge in [-0.05, 0) is 36.6 Å². The number of hydrogen-bond acceptors (Lipinski definition) is 2. The Kier molecular flexibility index (Phi) is 5.40. The van der Waals surface area contributed by atoms with Gasteiger partial charge in [-0.25, -0.2) is 0 Å². The molecule has 0 aromatic heterocycles. The topological polar surface area (TPSA) is 35.2 Å². The lowest BCUT2D eigenvalue weighted by Crippen LogP contribution is -2.22. The zero-order chi connectivity index (χ0) is 15.2. The lowest BCUT2D eigenvalue weighted by atomic mass is 9.97. The summed E-state index contributed by atoms with van der Waals surface area (Å²) in [6.45, 7) is 8.74. The first kappa shape index (κ1) is 15.6. The van der Waals surface area contributed by atoms with Gasteiger partial charge in [-0.1, -0.05) is 42.8 Å². The molecule has 2 nitrogen and oxygen atoms in total. The maximum absolute atomic E-state index is 6.17. The number of nitrogens with two attached hydrogens (primary N) is 1. The first-order chi connectivity index (χ1) is 10.1. The average Bonchev–Trinajstić information content (AvgIpc) is 2.48. The summed E-state index contributed by atoms with van der Waals surface area (Å²) in [5.41, 5.74) is 8.54. The molecule has 2 aromatic carbocycles. The van der Waals surface area contributed by atoms with E-state index in [1.165, 1.54) is 16.3 Å². The smallest absolute Gasteiger partial charge is 0.123 e. The van der Waals surface area contributed by atoms with E-state index < -0.39 is 0 Å². The van der Waals surface area contributed by atoms with Gasteiger partial charge in [-0.15, -0.1) is 6.58 Å². The minimum atomic E-state index is 0.166. The van der Waals surface area contributed by atoms with Gasteiger partial charge in [-0.3, -0.25) is 0 Å². The van der Waals surface area contributed by atoms with Crippen LogP contribution in [0.25, 0.3) is 10.8 Å². The predicted molar refractivity (Wildman–Crippen MR) is 90.8 cm³/mol. The van der Waals surface area contributed by atoms with Crippen LogP contribution in [0.5, 0.6) is 5.75 Å². The fourth-order valence-electron chi connectivity index (χ4n) is 2.40. The molecule has 0 saturated heterocycles. The summed E-state index contributed by atoms with van der Waals surface area (Å²) in [5, 5.41) is 2.48. The van der Waals surface area contributed by atoms with Crippen molar-refractivity contribution in [3.8, 4) is 5.75 Å². The Morgan fingerprint density at radius 3 is 2.71 bits per heavy atom. The van der Waals surface area contributed by atoms with Gasteiger partial charge in [-0.2, -0.15) is 0 Å².